The molecular formula is C16H13ClFN3O5. The highest BCUT2D eigenvalue weighted by molar-refractivity contribution is 6.31. The van der Waals surface area contributed by atoms with Crippen molar-refractivity contribution in [3.63, 3.8) is 0 Å². The van der Waals surface area contributed by atoms with E-state index in [1.807, 2.05) is 0 Å². The number of carbonyl (C=O) groups is 2. The van der Waals surface area contributed by atoms with Gasteiger partial charge in [0.15, 0.2) is 0 Å². The predicted octanol–water partition coefficient (Wildman–Crippen LogP) is 2.58. The number of carbonyl (C=O) groups excluding carboxylic acids is 2. The molecule has 1 unspecified atom stereocenters. The SMILES string of the molecule is CCOC(=O)c1cc([N+](=O)[O-])c2n1CC(=O)NC2c1cc(F)ccc1Cl. The van der Waals surface area contributed by atoms with Crippen LogP contribution in [0.15, 0.2) is 24.3 Å². The zero-order valence-electron chi connectivity index (χ0n) is 13.5. The van der Waals surface area contributed by atoms with Crippen LogP contribution in [0.25, 0.3) is 0 Å². The fraction of sp³-hybridized carbons (Fsp3) is 0.250. The molecule has 0 radical (unpaired) electrons. The Balaban J connectivity index is 2.24. The standard InChI is InChI=1S/C16H13ClFN3O5/c1-2-26-16(23)12-6-11(21(24)25)15-14(19-13(22)7-20(12)15)9-5-8(18)3-4-10(9)17/h3-6,14H,2,7H2,1H3,(H,19,22). The maximum absolute atomic E-state index is 13.7. The van der Waals surface area contributed by atoms with Crippen molar-refractivity contribution in [3.05, 3.63) is 62.2 Å². The van der Waals surface area contributed by atoms with Crippen LogP contribution in [0.2, 0.25) is 5.02 Å². The Labute approximate surface area is 151 Å². The van der Waals surface area contributed by atoms with E-state index in [2.05, 4.69) is 5.32 Å². The summed E-state index contributed by atoms with van der Waals surface area (Å²) in [6.45, 7) is 1.35. The minimum atomic E-state index is -1.08. The lowest BCUT2D eigenvalue weighted by molar-refractivity contribution is -0.385. The Morgan fingerprint density at radius 1 is 1.50 bits per heavy atom. The van der Waals surface area contributed by atoms with Gasteiger partial charge in [0.05, 0.1) is 11.5 Å². The molecule has 0 saturated carbocycles. The largest absolute Gasteiger partial charge is 0.461 e. The number of nitrogens with one attached hydrogen (secondary N) is 1. The van der Waals surface area contributed by atoms with Gasteiger partial charge in [-0.2, -0.15) is 0 Å². The first kappa shape index (κ1) is 17.9. The Bertz CT molecular complexity index is 927. The lowest BCUT2D eigenvalue weighted by Crippen LogP contribution is -2.40. The molecule has 3 rings (SSSR count). The number of halogens is 2. The summed E-state index contributed by atoms with van der Waals surface area (Å²) >= 11 is 6.11. The van der Waals surface area contributed by atoms with Crippen LogP contribution in [0.3, 0.4) is 0 Å². The van der Waals surface area contributed by atoms with Gasteiger partial charge in [-0.25, -0.2) is 9.18 Å². The monoisotopic (exact) mass is 381 g/mol. The molecule has 136 valence electrons. The number of nitro groups is 1. The molecule has 0 aliphatic carbocycles. The zero-order chi connectivity index (χ0) is 19.0. The van der Waals surface area contributed by atoms with E-state index in [1.165, 1.54) is 10.6 Å². The van der Waals surface area contributed by atoms with Crippen molar-refractivity contribution >= 4 is 29.2 Å². The average molecular weight is 382 g/mol. The van der Waals surface area contributed by atoms with Gasteiger partial charge < -0.3 is 14.6 Å². The quantitative estimate of drug-likeness (QED) is 0.498. The number of amides is 1. The summed E-state index contributed by atoms with van der Waals surface area (Å²) in [5.41, 5.74) is -0.331. The summed E-state index contributed by atoms with van der Waals surface area (Å²) in [7, 11) is 0. The van der Waals surface area contributed by atoms with Crippen LogP contribution < -0.4 is 5.32 Å². The molecular weight excluding hydrogens is 369 g/mol. The Hall–Kier alpha value is -2.94. The topological polar surface area (TPSA) is 103 Å². The van der Waals surface area contributed by atoms with Gasteiger partial charge in [-0.1, -0.05) is 11.6 Å². The van der Waals surface area contributed by atoms with Crippen molar-refractivity contribution in [2.45, 2.75) is 19.5 Å². The van der Waals surface area contributed by atoms with Crippen molar-refractivity contribution in [1.82, 2.24) is 9.88 Å². The highest BCUT2D eigenvalue weighted by Crippen LogP contribution is 2.38. The molecule has 0 spiro atoms. The Kier molecular flexibility index (Phi) is 4.64. The van der Waals surface area contributed by atoms with Gasteiger partial charge in [-0.15, -0.1) is 0 Å². The average Bonchev–Trinajstić information content (AvgIpc) is 2.96. The van der Waals surface area contributed by atoms with Crippen molar-refractivity contribution in [2.75, 3.05) is 6.61 Å². The van der Waals surface area contributed by atoms with Crippen molar-refractivity contribution in [2.24, 2.45) is 0 Å². The molecule has 10 heteroatoms. The first-order valence-corrected chi connectivity index (χ1v) is 8.00. The van der Waals surface area contributed by atoms with Gasteiger partial charge in [0, 0.05) is 16.7 Å². The molecule has 1 aromatic carbocycles. The van der Waals surface area contributed by atoms with E-state index < -0.39 is 34.3 Å². The first-order valence-electron chi connectivity index (χ1n) is 7.62. The number of nitrogens with zero attached hydrogens (tertiary/aromatic N) is 2. The zero-order valence-corrected chi connectivity index (χ0v) is 14.2. The van der Waals surface area contributed by atoms with Crippen LogP contribution in [-0.2, 0) is 16.1 Å². The number of ether oxygens (including phenoxy) is 1. The van der Waals surface area contributed by atoms with Crippen molar-refractivity contribution < 1.29 is 23.6 Å². The normalized spacial score (nSPS) is 16.0. The number of fused-ring (bicyclic) bond motifs is 1. The van der Waals surface area contributed by atoms with Gasteiger partial charge in [0.1, 0.15) is 29.8 Å². The van der Waals surface area contributed by atoms with Crippen LogP contribution in [-0.4, -0.2) is 28.0 Å². The molecule has 1 aliphatic rings. The summed E-state index contributed by atoms with van der Waals surface area (Å²) in [6.07, 6.45) is 0. The van der Waals surface area contributed by atoms with E-state index in [-0.39, 0.29) is 35.1 Å². The number of esters is 1. The summed E-state index contributed by atoms with van der Waals surface area (Å²) < 4.78 is 19.8. The van der Waals surface area contributed by atoms with Crippen LogP contribution in [0.5, 0.6) is 0 Å². The summed E-state index contributed by atoms with van der Waals surface area (Å²) in [4.78, 5) is 35.1. The van der Waals surface area contributed by atoms with Crippen molar-refractivity contribution in [3.8, 4) is 0 Å². The lowest BCUT2D eigenvalue weighted by Gasteiger charge is -2.27. The lowest BCUT2D eigenvalue weighted by atomic mass is 10.0. The summed E-state index contributed by atoms with van der Waals surface area (Å²) in [5, 5.41) is 14.2. The maximum atomic E-state index is 13.7. The Morgan fingerprint density at radius 3 is 2.88 bits per heavy atom. The molecule has 1 atom stereocenters. The van der Waals surface area contributed by atoms with Crippen molar-refractivity contribution in [1.29, 1.82) is 0 Å². The molecule has 1 aromatic heterocycles. The van der Waals surface area contributed by atoms with Gasteiger partial charge in [0.2, 0.25) is 5.91 Å². The van der Waals surface area contributed by atoms with E-state index in [1.54, 1.807) is 6.92 Å². The molecule has 0 fully saturated rings. The molecule has 2 aromatic rings. The van der Waals surface area contributed by atoms with E-state index in [0.717, 1.165) is 18.2 Å². The Morgan fingerprint density at radius 2 is 2.23 bits per heavy atom. The molecule has 1 aliphatic heterocycles. The van der Waals surface area contributed by atoms with E-state index in [9.17, 15) is 24.1 Å². The third-order valence-corrected chi connectivity index (χ3v) is 4.29. The highest BCUT2D eigenvalue weighted by atomic mass is 35.5. The van der Waals surface area contributed by atoms with Gasteiger partial charge in [-0.3, -0.25) is 14.9 Å². The molecule has 8 nitrogen and oxygen atoms in total. The third kappa shape index (κ3) is 3.01. The van der Waals surface area contributed by atoms with E-state index >= 15 is 0 Å². The van der Waals surface area contributed by atoms with Crippen LogP contribution in [0, 0.1) is 15.9 Å². The molecule has 1 N–H and O–H groups in total. The van der Waals surface area contributed by atoms with E-state index in [0.29, 0.717) is 0 Å². The molecule has 1 amide bonds. The summed E-state index contributed by atoms with van der Waals surface area (Å²) in [5.74, 6) is -1.91. The van der Waals surface area contributed by atoms with Crippen LogP contribution in [0.1, 0.15) is 34.7 Å². The fourth-order valence-electron chi connectivity index (χ4n) is 2.92. The minimum Gasteiger partial charge on any atom is -0.461 e. The fourth-order valence-corrected chi connectivity index (χ4v) is 3.15. The number of hydrogen-bond acceptors (Lipinski definition) is 5. The van der Waals surface area contributed by atoms with E-state index in [4.69, 9.17) is 16.3 Å². The number of aromatic nitrogens is 1. The molecule has 2 heterocycles. The molecule has 0 saturated heterocycles. The minimum absolute atomic E-state index is 0.0325. The second kappa shape index (κ2) is 6.75. The third-order valence-electron chi connectivity index (χ3n) is 3.95. The van der Waals surface area contributed by atoms with Gasteiger partial charge in [0.25, 0.3) is 5.69 Å². The highest BCUT2D eigenvalue weighted by Gasteiger charge is 2.38. The predicted molar refractivity (Wildman–Crippen MR) is 88.4 cm³/mol. The van der Waals surface area contributed by atoms with Gasteiger partial charge in [-0.05, 0) is 25.1 Å². The molecule has 26 heavy (non-hydrogen) atoms. The number of benzene rings is 1. The summed E-state index contributed by atoms with van der Waals surface area (Å²) in [6, 6.07) is 3.48. The first-order chi connectivity index (χ1) is 12.3. The second-order valence-electron chi connectivity index (χ2n) is 5.53. The van der Waals surface area contributed by atoms with Crippen LogP contribution >= 0.6 is 11.6 Å². The van der Waals surface area contributed by atoms with Gasteiger partial charge >= 0.3 is 5.97 Å². The number of hydrogen-bond donors (Lipinski definition) is 1. The van der Waals surface area contributed by atoms with Crippen LogP contribution in [0.4, 0.5) is 10.1 Å². The second-order valence-corrected chi connectivity index (χ2v) is 5.94. The number of rotatable bonds is 4. The maximum Gasteiger partial charge on any atom is 0.355 e. The molecule has 0 bridgehead atoms. The smallest absolute Gasteiger partial charge is 0.355 e.